The molecule has 1 rings (SSSR count). The quantitative estimate of drug-likeness (QED) is 0.810. The first kappa shape index (κ1) is 18.1. The molecule has 1 saturated heterocycles. The van der Waals surface area contributed by atoms with Gasteiger partial charge in [0.15, 0.2) is 0 Å². The van der Waals surface area contributed by atoms with Crippen molar-refractivity contribution in [3.05, 3.63) is 0 Å². The molecule has 2 unspecified atom stereocenters. The number of amides is 2. The number of urea groups is 1. The molecule has 0 bridgehead atoms. The third-order valence-electron chi connectivity index (χ3n) is 3.52. The van der Waals surface area contributed by atoms with Crippen LogP contribution in [-0.4, -0.2) is 70.4 Å². The third-order valence-corrected chi connectivity index (χ3v) is 5.14. The number of carbonyl (C=O) groups is 2. The van der Waals surface area contributed by atoms with Gasteiger partial charge in [0.05, 0.1) is 12.0 Å². The average Bonchev–Trinajstić information content (AvgIpc) is 2.83. The molecule has 1 N–H and O–H groups in total. The van der Waals surface area contributed by atoms with Crippen LogP contribution in [0.15, 0.2) is 0 Å². The van der Waals surface area contributed by atoms with Gasteiger partial charge in [0, 0.05) is 25.4 Å². The van der Waals surface area contributed by atoms with Crippen molar-refractivity contribution in [2.24, 2.45) is 5.92 Å². The summed E-state index contributed by atoms with van der Waals surface area (Å²) in [5.74, 6) is -0.283. The molecule has 0 aromatic rings. The van der Waals surface area contributed by atoms with Gasteiger partial charge in [-0.05, 0) is 19.8 Å². The maximum absolute atomic E-state index is 12.8. The molecule has 2 atom stereocenters. The van der Waals surface area contributed by atoms with Crippen LogP contribution < -0.4 is 0 Å². The molecular formula is C14H26N2O4S. The van der Waals surface area contributed by atoms with Crippen LogP contribution in [0.1, 0.15) is 27.7 Å². The van der Waals surface area contributed by atoms with E-state index in [1.807, 2.05) is 27.7 Å². The number of aliphatic carboxylic acids is 1. The Bertz CT molecular complexity index is 376. The zero-order valence-corrected chi connectivity index (χ0v) is 14.2. The predicted molar refractivity (Wildman–Crippen MR) is 83.5 cm³/mol. The first-order valence-electron chi connectivity index (χ1n) is 7.23. The van der Waals surface area contributed by atoms with Crippen LogP contribution in [0, 0.1) is 5.92 Å². The summed E-state index contributed by atoms with van der Waals surface area (Å²) in [7, 11) is 1.59. The molecular weight excluding hydrogens is 292 g/mol. The second-order valence-electron chi connectivity index (χ2n) is 5.79. The first-order valence-corrected chi connectivity index (χ1v) is 8.28. The highest BCUT2D eigenvalue weighted by molar-refractivity contribution is 8.00. The van der Waals surface area contributed by atoms with Crippen LogP contribution in [-0.2, 0) is 9.53 Å². The van der Waals surface area contributed by atoms with E-state index >= 15 is 0 Å². The topological polar surface area (TPSA) is 70.1 Å². The van der Waals surface area contributed by atoms with Crippen LogP contribution in [0.5, 0.6) is 0 Å². The van der Waals surface area contributed by atoms with Gasteiger partial charge in [-0.15, -0.1) is 11.8 Å². The molecule has 0 saturated carbocycles. The maximum Gasteiger partial charge on any atom is 0.327 e. The lowest BCUT2D eigenvalue weighted by Gasteiger charge is -2.36. The van der Waals surface area contributed by atoms with Gasteiger partial charge < -0.3 is 14.7 Å². The molecule has 7 heteroatoms. The van der Waals surface area contributed by atoms with E-state index in [9.17, 15) is 14.7 Å². The molecule has 0 radical (unpaired) electrons. The number of hydrogen-bond donors (Lipinski definition) is 1. The summed E-state index contributed by atoms with van der Waals surface area (Å²) in [6.07, 6.45) is 0. The van der Waals surface area contributed by atoms with E-state index in [2.05, 4.69) is 0 Å². The van der Waals surface area contributed by atoms with Crippen LogP contribution in [0.3, 0.4) is 0 Å². The normalized spacial score (nSPS) is 22.1. The number of methoxy groups -OCH3 is 1. The van der Waals surface area contributed by atoms with Crippen LogP contribution >= 0.6 is 11.8 Å². The molecule has 6 nitrogen and oxygen atoms in total. The van der Waals surface area contributed by atoms with E-state index in [0.717, 1.165) is 0 Å². The van der Waals surface area contributed by atoms with Crippen LogP contribution in [0.4, 0.5) is 4.79 Å². The highest BCUT2D eigenvalue weighted by Crippen LogP contribution is 2.35. The lowest BCUT2D eigenvalue weighted by Crippen LogP contribution is -2.55. The highest BCUT2D eigenvalue weighted by atomic mass is 32.2. The van der Waals surface area contributed by atoms with Gasteiger partial charge in [-0.3, -0.25) is 4.90 Å². The van der Waals surface area contributed by atoms with Crippen molar-refractivity contribution in [2.75, 3.05) is 26.0 Å². The van der Waals surface area contributed by atoms with Crippen molar-refractivity contribution in [1.82, 2.24) is 9.80 Å². The van der Waals surface area contributed by atoms with Gasteiger partial charge in [-0.2, -0.15) is 0 Å². The Balaban J connectivity index is 2.98. The molecule has 0 spiro atoms. The smallest absolute Gasteiger partial charge is 0.327 e. The first-order chi connectivity index (χ1) is 9.81. The maximum atomic E-state index is 12.8. The van der Waals surface area contributed by atoms with Crippen molar-refractivity contribution in [3.63, 3.8) is 0 Å². The number of hydrogen-bond acceptors (Lipinski definition) is 4. The van der Waals surface area contributed by atoms with E-state index < -0.39 is 12.0 Å². The minimum atomic E-state index is -0.936. The summed E-state index contributed by atoms with van der Waals surface area (Å²) >= 11 is 1.54. The molecule has 1 fully saturated rings. The minimum Gasteiger partial charge on any atom is -0.480 e. The minimum absolute atomic E-state index is 0.000470. The van der Waals surface area contributed by atoms with E-state index in [4.69, 9.17) is 4.74 Å². The van der Waals surface area contributed by atoms with E-state index in [0.29, 0.717) is 18.9 Å². The Morgan fingerprint density at radius 2 is 2.00 bits per heavy atom. The van der Waals surface area contributed by atoms with Crippen molar-refractivity contribution in [3.8, 4) is 0 Å². The van der Waals surface area contributed by atoms with Crippen molar-refractivity contribution >= 4 is 23.8 Å². The molecule has 0 aromatic heterocycles. The third kappa shape index (κ3) is 4.26. The second-order valence-corrected chi connectivity index (χ2v) is 6.94. The Morgan fingerprint density at radius 1 is 1.38 bits per heavy atom. The lowest BCUT2D eigenvalue weighted by atomic mass is 10.1. The fraction of sp³-hybridized carbons (Fsp3) is 0.857. The van der Waals surface area contributed by atoms with Gasteiger partial charge in [-0.25, -0.2) is 9.59 Å². The molecule has 122 valence electrons. The SMILES string of the molecule is COCCN(C(=O)N1C(C(=O)O)CSC1C(C)C)C(C)C. The summed E-state index contributed by atoms with van der Waals surface area (Å²) in [6.45, 7) is 8.78. The number of nitrogens with zero attached hydrogens (tertiary/aromatic N) is 2. The van der Waals surface area contributed by atoms with E-state index in [-0.39, 0.29) is 23.4 Å². The van der Waals surface area contributed by atoms with Crippen molar-refractivity contribution < 1.29 is 19.4 Å². The zero-order chi connectivity index (χ0) is 16.2. The molecule has 21 heavy (non-hydrogen) atoms. The average molecular weight is 318 g/mol. The molecule has 1 aliphatic rings. The number of carboxylic acids is 1. The number of ether oxygens (including phenoxy) is 1. The number of rotatable bonds is 6. The van der Waals surface area contributed by atoms with Gasteiger partial charge in [0.2, 0.25) is 0 Å². The highest BCUT2D eigenvalue weighted by Gasteiger charge is 2.44. The Labute approximate surface area is 130 Å². The molecule has 2 amide bonds. The summed E-state index contributed by atoms with van der Waals surface area (Å²) in [5, 5.41) is 9.28. The Kier molecular flexibility index (Phi) is 6.80. The van der Waals surface area contributed by atoms with E-state index in [1.54, 1.807) is 23.8 Å². The van der Waals surface area contributed by atoms with Gasteiger partial charge in [-0.1, -0.05) is 13.8 Å². The van der Waals surface area contributed by atoms with Gasteiger partial charge >= 0.3 is 12.0 Å². The number of carboxylic acid groups (broad SMARTS) is 1. The summed E-state index contributed by atoms with van der Waals surface area (Å²) < 4.78 is 5.05. The standard InChI is InChI=1S/C14H26N2O4S/c1-9(2)12-16(11(8-21-12)13(17)18)14(19)15(10(3)4)6-7-20-5/h9-12H,6-8H2,1-5H3,(H,17,18). The fourth-order valence-electron chi connectivity index (χ4n) is 2.39. The second kappa shape index (κ2) is 7.89. The Morgan fingerprint density at radius 3 is 2.43 bits per heavy atom. The van der Waals surface area contributed by atoms with Crippen LogP contribution in [0.25, 0.3) is 0 Å². The zero-order valence-electron chi connectivity index (χ0n) is 13.4. The fourth-order valence-corrected chi connectivity index (χ4v) is 3.85. The van der Waals surface area contributed by atoms with Crippen molar-refractivity contribution in [2.45, 2.75) is 45.2 Å². The van der Waals surface area contributed by atoms with Crippen molar-refractivity contribution in [1.29, 1.82) is 0 Å². The molecule has 1 aliphatic heterocycles. The van der Waals surface area contributed by atoms with Gasteiger partial charge in [0.25, 0.3) is 0 Å². The summed E-state index contributed by atoms with van der Waals surface area (Å²) in [4.78, 5) is 27.5. The van der Waals surface area contributed by atoms with Crippen LogP contribution in [0.2, 0.25) is 0 Å². The monoisotopic (exact) mass is 318 g/mol. The largest absolute Gasteiger partial charge is 0.480 e. The lowest BCUT2D eigenvalue weighted by molar-refractivity contribution is -0.141. The Hall–Kier alpha value is -0.950. The molecule has 0 aliphatic carbocycles. The van der Waals surface area contributed by atoms with Gasteiger partial charge in [0.1, 0.15) is 6.04 Å². The van der Waals surface area contributed by atoms with E-state index in [1.165, 1.54) is 4.90 Å². The summed E-state index contributed by atoms with van der Waals surface area (Å²) in [6, 6.07) is -0.961. The molecule has 0 aromatic carbocycles. The predicted octanol–water partition coefficient (Wildman–Crippen LogP) is 1.95. The molecule has 1 heterocycles. The number of thioether (sulfide) groups is 1. The summed E-state index contributed by atoms with van der Waals surface area (Å²) in [5.41, 5.74) is 0. The number of carbonyl (C=O) groups excluding carboxylic acids is 1.